The van der Waals surface area contributed by atoms with Crippen LogP contribution in [0.15, 0.2) is 79.0 Å². The zero-order valence-electron chi connectivity index (χ0n) is 15.9. The van der Waals surface area contributed by atoms with Gasteiger partial charge in [0.1, 0.15) is 5.82 Å². The van der Waals surface area contributed by atoms with E-state index in [1.807, 2.05) is 30.5 Å². The van der Waals surface area contributed by atoms with Gasteiger partial charge in [-0.2, -0.15) is 5.26 Å². The maximum absolute atomic E-state index is 13.2. The van der Waals surface area contributed by atoms with Crippen molar-refractivity contribution in [3.05, 3.63) is 107 Å². The van der Waals surface area contributed by atoms with Crippen LogP contribution < -0.4 is 0 Å². The van der Waals surface area contributed by atoms with Crippen molar-refractivity contribution in [1.29, 1.82) is 5.26 Å². The van der Waals surface area contributed by atoms with Gasteiger partial charge in [-0.1, -0.05) is 42.5 Å². The molecule has 0 saturated carbocycles. The summed E-state index contributed by atoms with van der Waals surface area (Å²) in [6.45, 7) is 0.573. The summed E-state index contributed by atoms with van der Waals surface area (Å²) in [5.41, 5.74) is 4.12. The molecule has 0 saturated heterocycles. The van der Waals surface area contributed by atoms with Gasteiger partial charge in [0, 0.05) is 29.2 Å². The van der Waals surface area contributed by atoms with Crippen molar-refractivity contribution in [2.45, 2.75) is 6.54 Å². The van der Waals surface area contributed by atoms with E-state index in [-0.39, 0.29) is 11.4 Å². The Morgan fingerprint density at radius 1 is 1.00 bits per heavy atom. The molecule has 4 nitrogen and oxygen atoms in total. The number of rotatable bonds is 5. The number of aromatic carboxylic acids is 1. The van der Waals surface area contributed by atoms with Crippen LogP contribution in [0, 0.1) is 17.1 Å². The molecule has 1 aromatic heterocycles. The highest BCUT2D eigenvalue weighted by Crippen LogP contribution is 2.27. The third-order valence-corrected chi connectivity index (χ3v) is 4.95. The third-order valence-electron chi connectivity index (χ3n) is 4.95. The standard InChI is InChI=1S/C25H17FN2O2/c26-22-11-5-17(6-12-22)15-28-16-21(23-3-1-2-4-24(23)28)13-20(14-27)18-7-9-19(10-8-18)25(29)30/h1-13,16H,15H2,(H,29,30)/b20-13+. The second-order valence-electron chi connectivity index (χ2n) is 6.91. The van der Waals surface area contributed by atoms with Gasteiger partial charge in [0.15, 0.2) is 0 Å². The van der Waals surface area contributed by atoms with E-state index in [2.05, 4.69) is 10.6 Å². The van der Waals surface area contributed by atoms with Crippen LogP contribution in [0.2, 0.25) is 0 Å². The molecule has 3 aromatic carbocycles. The molecule has 0 bridgehead atoms. The van der Waals surface area contributed by atoms with Gasteiger partial charge < -0.3 is 9.67 Å². The summed E-state index contributed by atoms with van der Waals surface area (Å²) in [6.07, 6.45) is 3.77. The van der Waals surface area contributed by atoms with E-state index in [0.29, 0.717) is 17.7 Å². The molecule has 0 radical (unpaired) electrons. The fraction of sp³-hybridized carbons (Fsp3) is 0.0400. The van der Waals surface area contributed by atoms with Crippen LogP contribution in [0.3, 0.4) is 0 Å². The van der Waals surface area contributed by atoms with Gasteiger partial charge >= 0.3 is 5.97 Å². The number of benzene rings is 3. The minimum absolute atomic E-state index is 0.173. The van der Waals surface area contributed by atoms with E-state index < -0.39 is 5.97 Å². The van der Waals surface area contributed by atoms with Gasteiger partial charge in [0.05, 0.1) is 17.2 Å². The molecule has 0 spiro atoms. The quantitative estimate of drug-likeness (QED) is 0.447. The lowest BCUT2D eigenvalue weighted by Crippen LogP contribution is -1.97. The van der Waals surface area contributed by atoms with Crippen molar-refractivity contribution < 1.29 is 14.3 Å². The van der Waals surface area contributed by atoms with E-state index in [1.54, 1.807) is 30.3 Å². The molecule has 0 unspecified atom stereocenters. The zero-order valence-corrected chi connectivity index (χ0v) is 15.9. The van der Waals surface area contributed by atoms with Crippen LogP contribution >= 0.6 is 0 Å². The van der Waals surface area contributed by atoms with Crippen molar-refractivity contribution in [1.82, 2.24) is 4.57 Å². The van der Waals surface area contributed by atoms with Crippen LogP contribution in [0.25, 0.3) is 22.6 Å². The number of carbonyl (C=O) groups is 1. The second kappa shape index (κ2) is 8.06. The van der Waals surface area contributed by atoms with Crippen LogP contribution in [-0.2, 0) is 6.54 Å². The highest BCUT2D eigenvalue weighted by molar-refractivity contribution is 5.98. The number of aromatic nitrogens is 1. The molecule has 5 heteroatoms. The Morgan fingerprint density at radius 3 is 2.33 bits per heavy atom. The van der Waals surface area contributed by atoms with Crippen molar-refractivity contribution >= 4 is 28.5 Å². The summed E-state index contributed by atoms with van der Waals surface area (Å²) < 4.78 is 15.3. The maximum Gasteiger partial charge on any atom is 0.335 e. The number of halogens is 1. The summed E-state index contributed by atoms with van der Waals surface area (Å²) in [5, 5.41) is 19.7. The van der Waals surface area contributed by atoms with Crippen molar-refractivity contribution in [2.75, 3.05) is 0 Å². The summed E-state index contributed by atoms with van der Waals surface area (Å²) in [5.74, 6) is -1.28. The Balaban J connectivity index is 1.75. The highest BCUT2D eigenvalue weighted by atomic mass is 19.1. The Labute approximate surface area is 172 Å². The highest BCUT2D eigenvalue weighted by Gasteiger charge is 2.10. The van der Waals surface area contributed by atoms with Gasteiger partial charge in [0.2, 0.25) is 0 Å². The number of carboxylic acid groups (broad SMARTS) is 1. The molecule has 0 fully saturated rings. The number of fused-ring (bicyclic) bond motifs is 1. The van der Waals surface area contributed by atoms with E-state index in [4.69, 9.17) is 5.11 Å². The molecule has 146 valence electrons. The van der Waals surface area contributed by atoms with E-state index in [1.165, 1.54) is 24.3 Å². The van der Waals surface area contributed by atoms with Gasteiger partial charge in [-0.25, -0.2) is 9.18 Å². The average Bonchev–Trinajstić information content (AvgIpc) is 3.11. The predicted molar refractivity (Wildman–Crippen MR) is 114 cm³/mol. The molecule has 4 aromatic rings. The molecule has 4 rings (SSSR count). The zero-order chi connectivity index (χ0) is 21.1. The fourth-order valence-corrected chi connectivity index (χ4v) is 3.44. The lowest BCUT2D eigenvalue weighted by Gasteiger charge is -2.05. The van der Waals surface area contributed by atoms with E-state index in [0.717, 1.165) is 22.0 Å². The Bertz CT molecular complexity index is 1290. The second-order valence-corrected chi connectivity index (χ2v) is 6.91. The van der Waals surface area contributed by atoms with E-state index in [9.17, 15) is 14.4 Å². The normalized spacial score (nSPS) is 11.4. The molecule has 1 heterocycles. The number of hydrogen-bond donors (Lipinski definition) is 1. The first-order valence-electron chi connectivity index (χ1n) is 9.33. The summed E-state index contributed by atoms with van der Waals surface area (Å²) in [7, 11) is 0. The summed E-state index contributed by atoms with van der Waals surface area (Å²) in [6, 6.07) is 22.7. The predicted octanol–water partition coefficient (Wildman–Crippen LogP) is 5.59. The largest absolute Gasteiger partial charge is 0.478 e. The maximum atomic E-state index is 13.2. The van der Waals surface area contributed by atoms with Gasteiger partial charge in [0.25, 0.3) is 0 Å². The Morgan fingerprint density at radius 2 is 1.67 bits per heavy atom. The minimum Gasteiger partial charge on any atom is -0.478 e. The molecule has 30 heavy (non-hydrogen) atoms. The summed E-state index contributed by atoms with van der Waals surface area (Å²) in [4.78, 5) is 11.1. The molecular weight excluding hydrogens is 379 g/mol. The molecule has 0 aliphatic rings. The molecule has 0 aliphatic carbocycles. The minimum atomic E-state index is -1.01. The number of allylic oxidation sites excluding steroid dienone is 1. The molecule has 0 amide bonds. The van der Waals surface area contributed by atoms with Crippen molar-refractivity contribution in [2.24, 2.45) is 0 Å². The van der Waals surface area contributed by atoms with Crippen LogP contribution in [0.4, 0.5) is 4.39 Å². The lowest BCUT2D eigenvalue weighted by molar-refractivity contribution is 0.0697. The van der Waals surface area contributed by atoms with Crippen LogP contribution in [0.1, 0.15) is 27.0 Å². The first-order valence-corrected chi connectivity index (χ1v) is 9.33. The number of hydrogen-bond acceptors (Lipinski definition) is 2. The van der Waals surface area contributed by atoms with Crippen LogP contribution in [-0.4, -0.2) is 15.6 Å². The first kappa shape index (κ1) is 19.2. The molecule has 1 N–H and O–H groups in total. The SMILES string of the molecule is N#C/C(=C\c1cn(Cc2ccc(F)cc2)c2ccccc12)c1ccc(C(=O)O)cc1. The van der Waals surface area contributed by atoms with Crippen molar-refractivity contribution in [3.8, 4) is 6.07 Å². The molecular formula is C25H17FN2O2. The van der Waals surface area contributed by atoms with Gasteiger partial charge in [-0.05, 0) is 47.5 Å². The average molecular weight is 396 g/mol. The first-order chi connectivity index (χ1) is 14.5. The molecule has 0 aliphatic heterocycles. The Kier molecular flexibility index (Phi) is 5.15. The summed E-state index contributed by atoms with van der Waals surface area (Å²) >= 11 is 0. The van der Waals surface area contributed by atoms with Crippen LogP contribution in [0.5, 0.6) is 0 Å². The smallest absolute Gasteiger partial charge is 0.335 e. The van der Waals surface area contributed by atoms with E-state index >= 15 is 0 Å². The number of nitrogens with zero attached hydrogens (tertiary/aromatic N) is 2. The topological polar surface area (TPSA) is 66.0 Å². The molecule has 0 atom stereocenters. The van der Waals surface area contributed by atoms with Gasteiger partial charge in [-0.15, -0.1) is 0 Å². The number of carboxylic acids is 1. The number of nitriles is 1. The Hall–Kier alpha value is -4.17. The monoisotopic (exact) mass is 396 g/mol. The number of para-hydroxylation sites is 1. The lowest BCUT2D eigenvalue weighted by atomic mass is 10.0. The van der Waals surface area contributed by atoms with Crippen molar-refractivity contribution in [3.63, 3.8) is 0 Å². The third kappa shape index (κ3) is 3.85. The fourth-order valence-electron chi connectivity index (χ4n) is 3.44. The van der Waals surface area contributed by atoms with Gasteiger partial charge in [-0.3, -0.25) is 0 Å².